The maximum atomic E-state index is 10.9. The van der Waals surface area contributed by atoms with Gasteiger partial charge in [-0.1, -0.05) is 64.1 Å². The predicted molar refractivity (Wildman–Crippen MR) is 144 cm³/mol. The SMILES string of the molecule is C=C1C(C[C@@H]2OC(C[C@@H](CC)O[Si](C)(C)C(C)(C)C)[C@H](C)[C@H]2CBr)O[C@@H](CCC=O)C[C@H]1C. The second-order valence-corrected chi connectivity index (χ2v) is 17.4. The molecule has 2 aliphatic heterocycles. The quantitative estimate of drug-likeness (QED) is 0.118. The van der Waals surface area contributed by atoms with Gasteiger partial charge < -0.3 is 18.7 Å². The molecule has 2 rings (SSSR count). The number of rotatable bonds is 11. The van der Waals surface area contributed by atoms with Crippen LogP contribution in [0.15, 0.2) is 12.2 Å². The van der Waals surface area contributed by atoms with Gasteiger partial charge in [-0.05, 0) is 67.1 Å². The highest BCUT2D eigenvalue weighted by Crippen LogP contribution is 2.43. The molecule has 0 spiro atoms. The first-order chi connectivity index (χ1) is 15.3. The topological polar surface area (TPSA) is 44.8 Å². The summed E-state index contributed by atoms with van der Waals surface area (Å²) < 4.78 is 19.9. The number of aldehydes is 1. The summed E-state index contributed by atoms with van der Waals surface area (Å²) in [5.41, 5.74) is 1.18. The van der Waals surface area contributed by atoms with Gasteiger partial charge in [-0.2, -0.15) is 0 Å². The van der Waals surface area contributed by atoms with Crippen molar-refractivity contribution in [2.45, 2.75) is 129 Å². The van der Waals surface area contributed by atoms with Crippen LogP contribution in [-0.4, -0.2) is 50.5 Å². The second kappa shape index (κ2) is 12.3. The van der Waals surface area contributed by atoms with Crippen LogP contribution in [0.25, 0.3) is 0 Å². The molecule has 192 valence electrons. The van der Waals surface area contributed by atoms with Crippen LogP contribution in [0.1, 0.15) is 80.1 Å². The van der Waals surface area contributed by atoms with E-state index in [2.05, 4.69) is 77.1 Å². The van der Waals surface area contributed by atoms with E-state index < -0.39 is 8.32 Å². The van der Waals surface area contributed by atoms with Crippen LogP contribution in [0.2, 0.25) is 18.1 Å². The monoisotopic (exact) mass is 544 g/mol. The Kier molecular flexibility index (Phi) is 10.9. The van der Waals surface area contributed by atoms with Crippen molar-refractivity contribution >= 4 is 30.5 Å². The van der Waals surface area contributed by atoms with Crippen molar-refractivity contribution in [3.8, 4) is 0 Å². The van der Waals surface area contributed by atoms with Crippen LogP contribution in [0.3, 0.4) is 0 Å². The fourth-order valence-corrected chi connectivity index (χ4v) is 7.51. The van der Waals surface area contributed by atoms with Crippen LogP contribution in [0, 0.1) is 17.8 Å². The number of halogens is 1. The van der Waals surface area contributed by atoms with E-state index in [1.165, 1.54) is 5.57 Å². The fourth-order valence-electron chi connectivity index (χ4n) is 5.05. The van der Waals surface area contributed by atoms with Gasteiger partial charge in [0.15, 0.2) is 8.32 Å². The highest BCUT2D eigenvalue weighted by atomic mass is 79.9. The van der Waals surface area contributed by atoms with Crippen molar-refractivity contribution in [1.82, 2.24) is 0 Å². The summed E-state index contributed by atoms with van der Waals surface area (Å²) >= 11 is 3.77. The van der Waals surface area contributed by atoms with Crippen LogP contribution in [-0.2, 0) is 18.7 Å². The molecule has 0 saturated carbocycles. The standard InChI is InChI=1S/C27H49BrO4Si/c1-10-21(32-33(8,9)27(5,6)7)15-24-20(4)23(17-28)26(31-24)16-25-19(3)18(2)14-22(30-25)12-11-13-29/h13,18,20-26H,3,10-12,14-17H2,1-2,4-9H3/t18-,20-,21-,22+,23-,24?,25?,26+/m1/s1. The zero-order chi connectivity index (χ0) is 25.0. The minimum Gasteiger partial charge on any atom is -0.414 e. The lowest BCUT2D eigenvalue weighted by Gasteiger charge is -2.40. The van der Waals surface area contributed by atoms with Crippen molar-refractivity contribution in [1.29, 1.82) is 0 Å². The average Bonchev–Trinajstić information content (AvgIpc) is 3.02. The minimum absolute atomic E-state index is 0.00774. The van der Waals surface area contributed by atoms with Crippen LogP contribution in [0.4, 0.5) is 0 Å². The van der Waals surface area contributed by atoms with E-state index in [1.54, 1.807) is 0 Å². The maximum Gasteiger partial charge on any atom is 0.192 e. The summed E-state index contributed by atoms with van der Waals surface area (Å²) in [5, 5.41) is 1.14. The molecule has 2 saturated heterocycles. The fraction of sp³-hybridized carbons (Fsp3) is 0.889. The zero-order valence-electron chi connectivity index (χ0n) is 22.4. The Morgan fingerprint density at radius 3 is 2.45 bits per heavy atom. The Morgan fingerprint density at radius 1 is 1.24 bits per heavy atom. The summed E-state index contributed by atoms with van der Waals surface area (Å²) in [6.45, 7) is 22.8. The van der Waals surface area contributed by atoms with Gasteiger partial charge in [0.1, 0.15) is 6.29 Å². The Hall–Kier alpha value is -0.0131. The smallest absolute Gasteiger partial charge is 0.192 e. The summed E-state index contributed by atoms with van der Waals surface area (Å²) in [7, 11) is -1.82. The Morgan fingerprint density at radius 2 is 1.91 bits per heavy atom. The number of hydrogen-bond acceptors (Lipinski definition) is 4. The van der Waals surface area contributed by atoms with Gasteiger partial charge in [0.05, 0.1) is 24.4 Å². The van der Waals surface area contributed by atoms with E-state index in [9.17, 15) is 4.79 Å². The van der Waals surface area contributed by atoms with E-state index in [1.807, 2.05) is 0 Å². The second-order valence-electron chi connectivity index (χ2n) is 12.0. The lowest BCUT2D eigenvalue weighted by molar-refractivity contribution is -0.110. The molecule has 0 aromatic heterocycles. The molecule has 0 aliphatic carbocycles. The van der Waals surface area contributed by atoms with Gasteiger partial charge in [-0.25, -0.2) is 0 Å². The third kappa shape index (κ3) is 7.49. The summed E-state index contributed by atoms with van der Waals surface area (Å²) in [5.74, 6) is 1.33. The molecule has 2 heterocycles. The van der Waals surface area contributed by atoms with E-state index in [-0.39, 0.29) is 35.6 Å². The minimum atomic E-state index is -1.82. The van der Waals surface area contributed by atoms with E-state index in [0.717, 1.165) is 43.7 Å². The lowest BCUT2D eigenvalue weighted by Crippen LogP contribution is -2.44. The first-order valence-electron chi connectivity index (χ1n) is 13.0. The molecule has 0 bridgehead atoms. The van der Waals surface area contributed by atoms with Crippen molar-refractivity contribution < 1.29 is 18.7 Å². The number of carbonyl (C=O) groups is 1. The molecule has 0 N–H and O–H groups in total. The molecule has 0 radical (unpaired) electrons. The van der Waals surface area contributed by atoms with Crippen LogP contribution >= 0.6 is 15.9 Å². The highest BCUT2D eigenvalue weighted by Gasteiger charge is 2.45. The number of carbonyl (C=O) groups excluding carboxylic acids is 1. The maximum absolute atomic E-state index is 10.9. The predicted octanol–water partition coefficient (Wildman–Crippen LogP) is 7.31. The largest absolute Gasteiger partial charge is 0.414 e. The molecular formula is C27H49BrO4Si. The summed E-state index contributed by atoms with van der Waals surface area (Å²) in [6.07, 6.45) is 6.86. The molecule has 2 aliphatic rings. The Bertz CT molecular complexity index is 647. The number of ether oxygens (including phenoxy) is 2. The zero-order valence-corrected chi connectivity index (χ0v) is 24.9. The van der Waals surface area contributed by atoms with Crippen LogP contribution < -0.4 is 0 Å². The Labute approximate surface area is 212 Å². The van der Waals surface area contributed by atoms with Gasteiger partial charge in [0.25, 0.3) is 0 Å². The first-order valence-corrected chi connectivity index (χ1v) is 17.0. The molecule has 33 heavy (non-hydrogen) atoms. The van der Waals surface area contributed by atoms with Gasteiger partial charge in [-0.15, -0.1) is 0 Å². The molecule has 0 aromatic carbocycles. The van der Waals surface area contributed by atoms with Gasteiger partial charge in [0.2, 0.25) is 0 Å². The molecule has 2 fully saturated rings. The number of hydrogen-bond donors (Lipinski definition) is 0. The summed E-state index contributed by atoms with van der Waals surface area (Å²) in [4.78, 5) is 10.9. The molecule has 2 unspecified atom stereocenters. The third-order valence-electron chi connectivity index (χ3n) is 8.56. The molecule has 6 heteroatoms. The average molecular weight is 546 g/mol. The highest BCUT2D eigenvalue weighted by molar-refractivity contribution is 9.09. The van der Waals surface area contributed by atoms with Crippen molar-refractivity contribution in [2.75, 3.05) is 5.33 Å². The van der Waals surface area contributed by atoms with Gasteiger partial charge in [0, 0.05) is 24.3 Å². The molecular weight excluding hydrogens is 496 g/mol. The van der Waals surface area contributed by atoms with E-state index in [0.29, 0.717) is 24.2 Å². The van der Waals surface area contributed by atoms with Crippen molar-refractivity contribution in [2.24, 2.45) is 17.8 Å². The van der Waals surface area contributed by atoms with Crippen molar-refractivity contribution in [3.05, 3.63) is 12.2 Å². The summed E-state index contributed by atoms with van der Waals surface area (Å²) in [6, 6.07) is 0. The van der Waals surface area contributed by atoms with Gasteiger partial charge in [-0.3, -0.25) is 0 Å². The van der Waals surface area contributed by atoms with E-state index >= 15 is 0 Å². The lowest BCUT2D eigenvalue weighted by atomic mass is 9.82. The number of alkyl halides is 1. The molecule has 0 amide bonds. The van der Waals surface area contributed by atoms with E-state index in [4.69, 9.17) is 13.9 Å². The molecule has 0 aromatic rings. The Balaban J connectivity index is 2.06. The van der Waals surface area contributed by atoms with Crippen molar-refractivity contribution in [3.63, 3.8) is 0 Å². The molecule has 8 atom stereocenters. The normalized spacial score (nSPS) is 34.5. The molecule has 4 nitrogen and oxygen atoms in total. The van der Waals surface area contributed by atoms with Gasteiger partial charge >= 0.3 is 0 Å². The van der Waals surface area contributed by atoms with Crippen LogP contribution in [0.5, 0.6) is 0 Å². The third-order valence-corrected chi connectivity index (χ3v) is 13.8. The first kappa shape index (κ1) is 29.2.